The zero-order chi connectivity index (χ0) is 27.2. The Morgan fingerprint density at radius 2 is 0.568 bits per heavy atom. The van der Waals surface area contributed by atoms with Gasteiger partial charge in [0.15, 0.2) is 0 Å². The van der Waals surface area contributed by atoms with E-state index in [0.29, 0.717) is 0 Å². The molecule has 0 unspecified atom stereocenters. The largest absolute Gasteiger partial charge is 3.00 e. The zero-order valence-electron chi connectivity index (χ0n) is 18.4. The maximum absolute atomic E-state index is 8.25. The molecule has 0 spiro atoms. The van der Waals surface area contributed by atoms with Gasteiger partial charge in [0.2, 0.25) is 0 Å². The summed E-state index contributed by atoms with van der Waals surface area (Å²) in [4.78, 5) is 41.5. The van der Waals surface area contributed by atoms with Gasteiger partial charge in [-0.1, -0.05) is 24.3 Å². The molecule has 0 saturated heterocycles. The Kier molecular flexibility index (Phi) is 20.6. The van der Waals surface area contributed by atoms with E-state index >= 15 is 0 Å². The minimum atomic E-state index is -1.75. The van der Waals surface area contributed by atoms with E-state index in [4.69, 9.17) is 46.0 Å². The minimum Gasteiger partial charge on any atom is -0.356 e. The molecule has 0 aliphatic carbocycles. The smallest absolute Gasteiger partial charge is 0.356 e. The van der Waals surface area contributed by atoms with Crippen LogP contribution in [0.5, 0.6) is 0 Å². The molecule has 37 heavy (non-hydrogen) atoms. The van der Waals surface area contributed by atoms with E-state index in [-0.39, 0.29) is 38.2 Å². The van der Waals surface area contributed by atoms with Crippen molar-refractivity contribution < 1.29 is 53.4 Å². The third-order valence-electron chi connectivity index (χ3n) is 3.18. The average molecular weight is 661 g/mol. The molecule has 0 bridgehead atoms. The maximum Gasteiger partial charge on any atom is 3.00 e. The second kappa shape index (κ2) is 22.0. The molecule has 4 aromatic heterocycles. The molecule has 0 amide bonds. The molecule has 0 N–H and O–H groups in total. The Morgan fingerprint density at radius 3 is 0.676 bits per heavy atom. The van der Waals surface area contributed by atoms with Crippen molar-refractivity contribution in [1.82, 2.24) is 19.9 Å². The molecule has 17 heteroatoms. The summed E-state index contributed by atoms with van der Waals surface area (Å²) in [6, 6.07) is 23.2. The van der Waals surface area contributed by atoms with Crippen LogP contribution in [0.3, 0.4) is 0 Å². The van der Waals surface area contributed by atoms with Gasteiger partial charge in [0.1, 0.15) is 0 Å². The Labute approximate surface area is 238 Å². The predicted octanol–water partition coefficient (Wildman–Crippen LogP) is 3.57. The average Bonchev–Trinajstić information content (AvgIpc) is 2.86. The van der Waals surface area contributed by atoms with E-state index in [2.05, 4.69) is 19.9 Å². The van der Waals surface area contributed by atoms with Crippen molar-refractivity contribution in [1.29, 1.82) is 0 Å². The van der Waals surface area contributed by atoms with Gasteiger partial charge in [0.25, 0.3) is 0 Å². The SMILES string of the molecule is O=[N+]([O-])[O-].O=[N+]([O-])[O-].O=[N+]([O-])[O-].[Dy+3].c1ccc(-c2ccccn2)nc1.c1ccc(-c2ccccn2)nc1. The van der Waals surface area contributed by atoms with Crippen LogP contribution in [0.4, 0.5) is 0 Å². The van der Waals surface area contributed by atoms with E-state index in [1.165, 1.54) is 0 Å². The molecule has 195 valence electrons. The molecule has 0 fully saturated rings. The number of rotatable bonds is 2. The van der Waals surface area contributed by atoms with E-state index in [1.807, 2.05) is 72.8 Å². The van der Waals surface area contributed by atoms with Gasteiger partial charge in [-0.25, -0.2) is 0 Å². The molecule has 0 aromatic carbocycles. The molecule has 1 radical (unpaired) electrons. The Hall–Kier alpha value is -4.53. The summed E-state index contributed by atoms with van der Waals surface area (Å²) in [6.45, 7) is 0. The molecule has 0 aliphatic rings. The van der Waals surface area contributed by atoms with Gasteiger partial charge < -0.3 is 46.0 Å². The Morgan fingerprint density at radius 1 is 0.405 bits per heavy atom. The van der Waals surface area contributed by atoms with E-state index in [9.17, 15) is 0 Å². The van der Waals surface area contributed by atoms with E-state index < -0.39 is 15.3 Å². The second-order valence-electron chi connectivity index (χ2n) is 5.53. The van der Waals surface area contributed by atoms with Crippen molar-refractivity contribution >= 4 is 0 Å². The molecule has 0 saturated carbocycles. The van der Waals surface area contributed by atoms with Crippen LogP contribution in [-0.4, -0.2) is 35.2 Å². The second-order valence-corrected chi connectivity index (χ2v) is 5.53. The first-order chi connectivity index (χ1) is 17.1. The summed E-state index contributed by atoms with van der Waals surface area (Å²) in [7, 11) is 0. The van der Waals surface area contributed by atoms with Crippen molar-refractivity contribution in [2.45, 2.75) is 0 Å². The van der Waals surface area contributed by atoms with Gasteiger partial charge in [0, 0.05) is 24.8 Å². The fraction of sp³-hybridized carbons (Fsp3) is 0. The van der Waals surface area contributed by atoms with Gasteiger partial charge >= 0.3 is 38.2 Å². The number of aromatic nitrogens is 4. The molecule has 0 atom stereocenters. The van der Waals surface area contributed by atoms with Gasteiger partial charge in [-0.05, 0) is 48.5 Å². The first-order valence-corrected chi connectivity index (χ1v) is 9.23. The third-order valence-corrected chi connectivity index (χ3v) is 3.18. The van der Waals surface area contributed by atoms with Gasteiger partial charge in [-0.3, -0.25) is 19.9 Å². The van der Waals surface area contributed by atoms with Gasteiger partial charge in [0.05, 0.1) is 38.0 Å². The van der Waals surface area contributed by atoms with Crippen LogP contribution in [0.25, 0.3) is 22.8 Å². The molecular formula is C20H16DyN7O9. The zero-order valence-corrected chi connectivity index (χ0v) is 20.4. The fourth-order valence-corrected chi connectivity index (χ4v) is 2.06. The Balaban J connectivity index is 0. The third kappa shape index (κ3) is 21.7. The van der Waals surface area contributed by atoms with E-state index in [0.717, 1.165) is 22.8 Å². The normalized spacial score (nSPS) is 8.22. The van der Waals surface area contributed by atoms with Crippen molar-refractivity contribution in [3.63, 3.8) is 0 Å². The maximum atomic E-state index is 8.25. The molecule has 4 heterocycles. The first-order valence-electron chi connectivity index (χ1n) is 9.23. The number of hydrogen-bond donors (Lipinski definition) is 0. The van der Waals surface area contributed by atoms with Crippen LogP contribution in [0.15, 0.2) is 97.6 Å². The standard InChI is InChI=1S/2C10H8N2.Dy.3NO3/c2*1-3-7-11-9(5-1)10-6-2-4-8-12-10;;3*2-1(3)4/h2*1-8H;;;;/q;;+3;3*-1. The monoisotopic (exact) mass is 662 g/mol. The van der Waals surface area contributed by atoms with Gasteiger partial charge in [-0.2, -0.15) is 0 Å². The quantitative estimate of drug-likeness (QED) is 0.220. The van der Waals surface area contributed by atoms with Crippen LogP contribution in [0.2, 0.25) is 0 Å². The summed E-state index contributed by atoms with van der Waals surface area (Å²) >= 11 is 0. The van der Waals surface area contributed by atoms with Crippen LogP contribution in [0.1, 0.15) is 0 Å². The van der Waals surface area contributed by atoms with Crippen LogP contribution in [0, 0.1) is 84.1 Å². The topological polar surface area (TPSA) is 250 Å². The Bertz CT molecular complexity index is 957. The first kappa shape index (κ1) is 34.6. The van der Waals surface area contributed by atoms with Gasteiger partial charge in [-0.15, -0.1) is 0 Å². The predicted molar refractivity (Wildman–Crippen MR) is 126 cm³/mol. The van der Waals surface area contributed by atoms with Crippen molar-refractivity contribution in [3.05, 3.63) is 144 Å². The van der Waals surface area contributed by atoms with Crippen LogP contribution in [-0.2, 0) is 0 Å². The summed E-state index contributed by atoms with van der Waals surface area (Å²) in [5.41, 5.74) is 3.66. The van der Waals surface area contributed by atoms with Crippen LogP contribution < -0.4 is 0 Å². The molecule has 4 aromatic rings. The van der Waals surface area contributed by atoms with Crippen molar-refractivity contribution in [2.24, 2.45) is 0 Å². The van der Waals surface area contributed by atoms with Crippen molar-refractivity contribution in [3.8, 4) is 22.8 Å². The summed E-state index contributed by atoms with van der Waals surface area (Å²) in [5.74, 6) is 0. The van der Waals surface area contributed by atoms with E-state index in [1.54, 1.807) is 24.8 Å². The number of pyridine rings is 4. The summed E-state index contributed by atoms with van der Waals surface area (Å²) in [6.07, 6.45) is 7.07. The summed E-state index contributed by atoms with van der Waals surface area (Å²) in [5, 5.41) is 44.2. The number of nitrogens with zero attached hydrogens (tertiary/aromatic N) is 7. The molecule has 16 nitrogen and oxygen atoms in total. The van der Waals surface area contributed by atoms with Crippen molar-refractivity contribution in [2.75, 3.05) is 0 Å². The summed E-state index contributed by atoms with van der Waals surface area (Å²) < 4.78 is 0. The molecular weight excluding hydrogens is 645 g/mol. The number of hydrogen-bond acceptors (Lipinski definition) is 13. The van der Waals surface area contributed by atoms with Crippen LogP contribution >= 0.6 is 0 Å². The molecule has 4 rings (SSSR count). The fourth-order valence-electron chi connectivity index (χ4n) is 2.06. The molecule has 0 aliphatic heterocycles. The minimum absolute atomic E-state index is 0.